The minimum atomic E-state index is -4.12. The van der Waals surface area contributed by atoms with Crippen LogP contribution in [0.2, 0.25) is 10.0 Å². The molecule has 0 unspecified atom stereocenters. The lowest BCUT2D eigenvalue weighted by molar-refractivity contribution is 0.585. The van der Waals surface area contributed by atoms with E-state index in [0.717, 1.165) is 12.1 Å². The molecule has 0 saturated carbocycles. The third-order valence-electron chi connectivity index (χ3n) is 2.53. The van der Waals surface area contributed by atoms with Crippen molar-refractivity contribution < 1.29 is 17.2 Å². The molecular formula is C12H8Cl2F2N2O2S. The zero-order valence-electron chi connectivity index (χ0n) is 10.2. The maximum atomic E-state index is 13.6. The summed E-state index contributed by atoms with van der Waals surface area (Å²) in [5.41, 5.74) is 4.42. The van der Waals surface area contributed by atoms with Gasteiger partial charge in [0.15, 0.2) is 0 Å². The summed E-state index contributed by atoms with van der Waals surface area (Å²) in [6.07, 6.45) is 0. The highest BCUT2D eigenvalue weighted by Gasteiger charge is 2.18. The summed E-state index contributed by atoms with van der Waals surface area (Å²) < 4.78 is 52.8. The fraction of sp³-hybridized carbons (Fsp3) is 0. The molecule has 0 atom stereocenters. The number of benzene rings is 2. The van der Waals surface area contributed by atoms with Gasteiger partial charge in [0.2, 0.25) is 0 Å². The first-order valence-electron chi connectivity index (χ1n) is 5.43. The standard InChI is InChI=1S/C12H8Cl2F2N2O2S/c13-7-2-1-6(3-8(7)14)21(19,20)18-12-5-11(17)9(15)4-10(12)16/h1-5,18H,17H2. The number of hydrogen-bond donors (Lipinski definition) is 2. The lowest BCUT2D eigenvalue weighted by atomic mass is 10.2. The lowest BCUT2D eigenvalue weighted by Gasteiger charge is -2.10. The molecular weight excluding hydrogens is 345 g/mol. The zero-order chi connectivity index (χ0) is 15.8. The summed E-state index contributed by atoms with van der Waals surface area (Å²) in [7, 11) is -4.12. The van der Waals surface area contributed by atoms with E-state index in [1.807, 2.05) is 4.72 Å². The second kappa shape index (κ2) is 5.67. The van der Waals surface area contributed by atoms with Crippen LogP contribution in [0.25, 0.3) is 0 Å². The van der Waals surface area contributed by atoms with Crippen LogP contribution < -0.4 is 10.5 Å². The van der Waals surface area contributed by atoms with Crippen LogP contribution in [0.4, 0.5) is 20.2 Å². The highest BCUT2D eigenvalue weighted by atomic mass is 35.5. The number of nitrogen functional groups attached to an aromatic ring is 1. The fourth-order valence-corrected chi connectivity index (χ4v) is 2.94. The molecule has 0 bridgehead atoms. The van der Waals surface area contributed by atoms with Gasteiger partial charge in [-0.2, -0.15) is 0 Å². The first-order valence-corrected chi connectivity index (χ1v) is 7.67. The average molecular weight is 353 g/mol. The van der Waals surface area contributed by atoms with Gasteiger partial charge in [-0.15, -0.1) is 0 Å². The monoisotopic (exact) mass is 352 g/mol. The van der Waals surface area contributed by atoms with Crippen molar-refractivity contribution in [1.29, 1.82) is 0 Å². The molecule has 0 radical (unpaired) electrons. The summed E-state index contributed by atoms with van der Waals surface area (Å²) in [6, 6.07) is 4.92. The Labute approximate surface area is 129 Å². The maximum absolute atomic E-state index is 13.6. The van der Waals surface area contributed by atoms with E-state index in [1.54, 1.807) is 0 Å². The lowest BCUT2D eigenvalue weighted by Crippen LogP contribution is -2.14. The molecule has 0 heterocycles. The zero-order valence-corrected chi connectivity index (χ0v) is 12.5. The minimum Gasteiger partial charge on any atom is -0.396 e. The van der Waals surface area contributed by atoms with Crippen LogP contribution in [0, 0.1) is 11.6 Å². The van der Waals surface area contributed by atoms with Gasteiger partial charge in [-0.3, -0.25) is 4.72 Å². The Morgan fingerprint density at radius 1 is 1.00 bits per heavy atom. The number of hydrogen-bond acceptors (Lipinski definition) is 3. The number of anilines is 2. The highest BCUT2D eigenvalue weighted by molar-refractivity contribution is 7.92. The molecule has 2 aromatic carbocycles. The Kier molecular flexibility index (Phi) is 4.27. The van der Waals surface area contributed by atoms with Gasteiger partial charge < -0.3 is 5.73 Å². The van der Waals surface area contributed by atoms with Crippen LogP contribution in [0.1, 0.15) is 0 Å². The van der Waals surface area contributed by atoms with E-state index in [4.69, 9.17) is 28.9 Å². The first-order chi connectivity index (χ1) is 9.70. The molecule has 0 amide bonds. The van der Waals surface area contributed by atoms with Crippen molar-refractivity contribution in [2.24, 2.45) is 0 Å². The number of nitrogens with one attached hydrogen (secondary N) is 1. The largest absolute Gasteiger partial charge is 0.396 e. The van der Waals surface area contributed by atoms with Gasteiger partial charge in [0.25, 0.3) is 10.0 Å². The van der Waals surface area contributed by atoms with Crippen LogP contribution in [0.3, 0.4) is 0 Å². The average Bonchev–Trinajstić information content (AvgIpc) is 2.39. The van der Waals surface area contributed by atoms with Crippen LogP contribution >= 0.6 is 23.2 Å². The van der Waals surface area contributed by atoms with E-state index in [9.17, 15) is 17.2 Å². The van der Waals surface area contributed by atoms with E-state index in [1.165, 1.54) is 12.1 Å². The van der Waals surface area contributed by atoms with Crippen LogP contribution in [-0.2, 0) is 10.0 Å². The molecule has 0 saturated heterocycles. The molecule has 0 aliphatic carbocycles. The van der Waals surface area contributed by atoms with Crippen molar-refractivity contribution in [2.75, 3.05) is 10.5 Å². The van der Waals surface area contributed by atoms with Gasteiger partial charge in [0, 0.05) is 6.07 Å². The minimum absolute atomic E-state index is 0.0265. The van der Waals surface area contributed by atoms with Crippen molar-refractivity contribution in [2.45, 2.75) is 4.90 Å². The Hall–Kier alpha value is -1.57. The quantitative estimate of drug-likeness (QED) is 0.828. The van der Waals surface area contributed by atoms with Gasteiger partial charge in [-0.25, -0.2) is 17.2 Å². The molecule has 0 fully saturated rings. The third kappa shape index (κ3) is 3.37. The van der Waals surface area contributed by atoms with E-state index in [2.05, 4.69) is 0 Å². The molecule has 2 aromatic rings. The number of halogens is 4. The van der Waals surface area contributed by atoms with Crippen LogP contribution in [0.5, 0.6) is 0 Å². The van der Waals surface area contributed by atoms with Crippen LogP contribution in [-0.4, -0.2) is 8.42 Å². The second-order valence-corrected chi connectivity index (χ2v) is 6.53. The van der Waals surface area contributed by atoms with Gasteiger partial charge >= 0.3 is 0 Å². The predicted molar refractivity (Wildman–Crippen MR) is 78.0 cm³/mol. The molecule has 4 nitrogen and oxygen atoms in total. The summed E-state index contributed by atoms with van der Waals surface area (Å²) in [5, 5.41) is 0.200. The number of sulfonamides is 1. The van der Waals surface area contributed by atoms with Gasteiger partial charge in [0.05, 0.1) is 26.3 Å². The summed E-state index contributed by atoms with van der Waals surface area (Å²) >= 11 is 11.4. The Morgan fingerprint density at radius 2 is 1.67 bits per heavy atom. The summed E-state index contributed by atoms with van der Waals surface area (Å²) in [4.78, 5) is -0.223. The SMILES string of the molecule is Nc1cc(NS(=O)(=O)c2ccc(Cl)c(Cl)c2)c(F)cc1F. The highest BCUT2D eigenvalue weighted by Crippen LogP contribution is 2.27. The molecule has 9 heteroatoms. The van der Waals surface area contributed by atoms with Gasteiger partial charge in [0.1, 0.15) is 11.6 Å². The van der Waals surface area contributed by atoms with Crippen molar-refractivity contribution in [3.8, 4) is 0 Å². The smallest absolute Gasteiger partial charge is 0.262 e. The predicted octanol–water partition coefficient (Wildman–Crippen LogP) is 3.65. The van der Waals surface area contributed by atoms with Crippen molar-refractivity contribution in [3.05, 3.63) is 52.0 Å². The maximum Gasteiger partial charge on any atom is 0.262 e. The molecule has 0 aromatic heterocycles. The number of rotatable bonds is 3. The fourth-order valence-electron chi connectivity index (χ4n) is 1.49. The first kappa shape index (κ1) is 15.8. The van der Waals surface area contributed by atoms with Crippen molar-refractivity contribution >= 4 is 44.6 Å². The normalized spacial score (nSPS) is 11.4. The van der Waals surface area contributed by atoms with Gasteiger partial charge in [-0.1, -0.05) is 23.2 Å². The van der Waals surface area contributed by atoms with Crippen molar-refractivity contribution in [1.82, 2.24) is 0 Å². The number of nitrogens with two attached hydrogens (primary N) is 1. The topological polar surface area (TPSA) is 72.2 Å². The van der Waals surface area contributed by atoms with Crippen LogP contribution in [0.15, 0.2) is 35.2 Å². The summed E-state index contributed by atoms with van der Waals surface area (Å²) in [6.45, 7) is 0. The second-order valence-electron chi connectivity index (χ2n) is 4.03. The van der Waals surface area contributed by atoms with Crippen molar-refractivity contribution in [3.63, 3.8) is 0 Å². The van der Waals surface area contributed by atoms with Gasteiger partial charge in [-0.05, 0) is 24.3 Å². The Morgan fingerprint density at radius 3 is 2.29 bits per heavy atom. The van der Waals surface area contributed by atoms with E-state index in [-0.39, 0.29) is 20.6 Å². The molecule has 112 valence electrons. The molecule has 21 heavy (non-hydrogen) atoms. The molecule has 0 spiro atoms. The Bertz CT molecular complexity index is 813. The van der Waals surface area contributed by atoms with E-state index >= 15 is 0 Å². The van der Waals surface area contributed by atoms with E-state index in [0.29, 0.717) is 6.07 Å². The molecule has 2 rings (SSSR count). The summed E-state index contributed by atoms with van der Waals surface area (Å²) in [5.74, 6) is -2.07. The molecule has 3 N–H and O–H groups in total. The third-order valence-corrected chi connectivity index (χ3v) is 4.63. The van der Waals surface area contributed by atoms with E-state index < -0.39 is 27.3 Å². The molecule has 0 aliphatic rings. The molecule has 0 aliphatic heterocycles. The Balaban J connectivity index is 2.42.